The summed E-state index contributed by atoms with van der Waals surface area (Å²) in [5.74, 6) is -0.878. The molecule has 0 spiro atoms. The molecule has 2 aromatic carbocycles. The Hall–Kier alpha value is -3.06. The Morgan fingerprint density at radius 1 is 1.21 bits per heavy atom. The minimum Gasteiger partial charge on any atom is -0.481 e. The summed E-state index contributed by atoms with van der Waals surface area (Å²) in [5, 5.41) is 19.3. The number of hydrogen-bond donors (Lipinski definition) is 2. The van der Waals surface area contributed by atoms with Crippen LogP contribution in [0.5, 0.6) is 0 Å². The van der Waals surface area contributed by atoms with Crippen LogP contribution in [0.2, 0.25) is 0 Å². The number of carboxylic acid groups (broad SMARTS) is 1. The van der Waals surface area contributed by atoms with Gasteiger partial charge < -0.3 is 10.1 Å². The third-order valence-corrected chi connectivity index (χ3v) is 4.34. The molecule has 0 aliphatic heterocycles. The van der Waals surface area contributed by atoms with Crippen molar-refractivity contribution in [1.29, 1.82) is 5.26 Å². The monoisotopic (exact) mass is 318 g/mol. The Morgan fingerprint density at radius 3 is 2.71 bits per heavy atom. The first-order chi connectivity index (χ1) is 11.7. The van der Waals surface area contributed by atoms with E-state index in [0.29, 0.717) is 5.56 Å². The van der Waals surface area contributed by atoms with Crippen molar-refractivity contribution in [2.75, 3.05) is 0 Å². The van der Waals surface area contributed by atoms with E-state index in [0.717, 1.165) is 29.3 Å². The van der Waals surface area contributed by atoms with Crippen LogP contribution in [0.4, 0.5) is 0 Å². The summed E-state index contributed by atoms with van der Waals surface area (Å²) in [5.41, 5.74) is 3.65. The number of rotatable bonds is 6. The lowest BCUT2D eigenvalue weighted by atomic mass is 9.89. The van der Waals surface area contributed by atoms with Crippen LogP contribution >= 0.6 is 0 Å². The van der Waals surface area contributed by atoms with Gasteiger partial charge in [0.05, 0.1) is 12.0 Å². The fourth-order valence-corrected chi connectivity index (χ4v) is 3.07. The van der Waals surface area contributed by atoms with Gasteiger partial charge in [-0.2, -0.15) is 5.26 Å². The molecule has 0 bridgehead atoms. The van der Waals surface area contributed by atoms with Gasteiger partial charge >= 0.3 is 5.97 Å². The van der Waals surface area contributed by atoms with Crippen LogP contribution in [0, 0.1) is 11.3 Å². The van der Waals surface area contributed by atoms with Crippen molar-refractivity contribution in [1.82, 2.24) is 4.98 Å². The van der Waals surface area contributed by atoms with E-state index in [1.165, 1.54) is 5.56 Å². The minimum atomic E-state index is -0.803. The first-order valence-electron chi connectivity index (χ1n) is 7.94. The summed E-state index contributed by atoms with van der Waals surface area (Å²) < 4.78 is 0. The Bertz CT molecular complexity index is 891. The topological polar surface area (TPSA) is 76.9 Å². The van der Waals surface area contributed by atoms with Gasteiger partial charge in [0.1, 0.15) is 6.07 Å². The van der Waals surface area contributed by atoms with Crippen LogP contribution in [-0.2, 0) is 11.2 Å². The van der Waals surface area contributed by atoms with Gasteiger partial charge in [0.15, 0.2) is 0 Å². The van der Waals surface area contributed by atoms with Gasteiger partial charge in [0, 0.05) is 17.1 Å². The zero-order valence-corrected chi connectivity index (χ0v) is 13.2. The number of aliphatic carboxylic acids is 1. The molecule has 1 aromatic heterocycles. The van der Waals surface area contributed by atoms with E-state index in [1.54, 1.807) is 6.20 Å². The quantitative estimate of drug-likeness (QED) is 0.714. The van der Waals surface area contributed by atoms with Crippen LogP contribution in [0.15, 0.2) is 54.7 Å². The molecule has 0 saturated carbocycles. The zero-order valence-electron chi connectivity index (χ0n) is 13.2. The molecule has 0 aliphatic carbocycles. The lowest BCUT2D eigenvalue weighted by Gasteiger charge is -2.16. The zero-order chi connectivity index (χ0) is 16.9. The molecule has 2 N–H and O–H groups in total. The highest BCUT2D eigenvalue weighted by Crippen LogP contribution is 2.29. The maximum Gasteiger partial charge on any atom is 0.303 e. The molecule has 3 aromatic rings. The average molecular weight is 318 g/mol. The molecule has 4 heteroatoms. The van der Waals surface area contributed by atoms with Crippen molar-refractivity contribution in [3.63, 3.8) is 0 Å². The number of H-pyrrole nitrogens is 1. The molecular formula is C20H18N2O2. The lowest BCUT2D eigenvalue weighted by Crippen LogP contribution is -2.08. The Morgan fingerprint density at radius 2 is 2.00 bits per heavy atom. The van der Waals surface area contributed by atoms with E-state index >= 15 is 0 Å². The molecule has 0 saturated heterocycles. The summed E-state index contributed by atoms with van der Waals surface area (Å²) in [6.07, 6.45) is 3.36. The van der Waals surface area contributed by atoms with Crippen molar-refractivity contribution in [3.05, 3.63) is 71.4 Å². The first-order valence-corrected chi connectivity index (χ1v) is 7.94. The average Bonchev–Trinajstić information content (AvgIpc) is 3.01. The first kappa shape index (κ1) is 15.8. The molecule has 0 aliphatic rings. The maximum atomic E-state index is 11.3. The molecule has 0 radical (unpaired) electrons. The SMILES string of the molecule is N#Cc1c[nH]c2ccc(C(CCc3ccccc3)CC(=O)O)cc12. The van der Waals surface area contributed by atoms with Gasteiger partial charge in [-0.1, -0.05) is 36.4 Å². The van der Waals surface area contributed by atoms with Crippen molar-refractivity contribution in [3.8, 4) is 6.07 Å². The minimum absolute atomic E-state index is 0.0754. The molecule has 120 valence electrons. The third kappa shape index (κ3) is 3.47. The van der Waals surface area contributed by atoms with Gasteiger partial charge in [0.25, 0.3) is 0 Å². The molecule has 4 nitrogen and oxygen atoms in total. The Labute approximate surface area is 140 Å². The molecule has 1 heterocycles. The van der Waals surface area contributed by atoms with E-state index < -0.39 is 5.97 Å². The van der Waals surface area contributed by atoms with E-state index in [9.17, 15) is 15.2 Å². The van der Waals surface area contributed by atoms with E-state index in [-0.39, 0.29) is 12.3 Å². The van der Waals surface area contributed by atoms with Crippen molar-refractivity contribution in [2.45, 2.75) is 25.2 Å². The second kappa shape index (κ2) is 7.01. The highest BCUT2D eigenvalue weighted by Gasteiger charge is 2.17. The number of aromatic amines is 1. The number of hydrogen-bond acceptors (Lipinski definition) is 2. The van der Waals surface area contributed by atoms with Crippen molar-refractivity contribution in [2.24, 2.45) is 0 Å². The van der Waals surface area contributed by atoms with Gasteiger partial charge in [-0.15, -0.1) is 0 Å². The highest BCUT2D eigenvalue weighted by atomic mass is 16.4. The summed E-state index contributed by atoms with van der Waals surface area (Å²) in [6, 6.07) is 18.1. The van der Waals surface area contributed by atoms with Gasteiger partial charge in [-0.3, -0.25) is 4.79 Å². The molecule has 0 amide bonds. The Balaban J connectivity index is 1.87. The molecule has 24 heavy (non-hydrogen) atoms. The molecule has 1 unspecified atom stereocenters. The number of fused-ring (bicyclic) bond motifs is 1. The number of carboxylic acids is 1. The predicted molar refractivity (Wildman–Crippen MR) is 92.8 cm³/mol. The van der Waals surface area contributed by atoms with Gasteiger partial charge in [-0.25, -0.2) is 0 Å². The Kier molecular flexibility index (Phi) is 4.62. The van der Waals surface area contributed by atoms with Crippen LogP contribution in [0.1, 0.15) is 35.4 Å². The number of nitrogens with zero attached hydrogens (tertiary/aromatic N) is 1. The number of carbonyl (C=O) groups is 1. The third-order valence-electron chi connectivity index (χ3n) is 4.34. The summed E-state index contributed by atoms with van der Waals surface area (Å²) >= 11 is 0. The second-order valence-electron chi connectivity index (χ2n) is 5.94. The fourth-order valence-electron chi connectivity index (χ4n) is 3.07. The second-order valence-corrected chi connectivity index (χ2v) is 5.94. The number of aromatic nitrogens is 1. The van der Waals surface area contributed by atoms with Crippen molar-refractivity contribution >= 4 is 16.9 Å². The largest absolute Gasteiger partial charge is 0.481 e. The van der Waals surface area contributed by atoms with Crippen LogP contribution in [-0.4, -0.2) is 16.1 Å². The number of aryl methyl sites for hydroxylation is 1. The van der Waals surface area contributed by atoms with Crippen LogP contribution in [0.3, 0.4) is 0 Å². The lowest BCUT2D eigenvalue weighted by molar-refractivity contribution is -0.137. The molecule has 3 rings (SSSR count). The molecule has 0 fully saturated rings. The van der Waals surface area contributed by atoms with E-state index in [1.807, 2.05) is 36.4 Å². The standard InChI is InChI=1S/C20H18N2O2/c21-12-17-13-22-19-9-8-15(10-18(17)19)16(11-20(23)24)7-6-14-4-2-1-3-5-14/h1-5,8-10,13,16,22H,6-7,11H2,(H,23,24). The van der Waals surface area contributed by atoms with E-state index in [2.05, 4.69) is 23.2 Å². The maximum absolute atomic E-state index is 11.3. The summed E-state index contributed by atoms with van der Waals surface area (Å²) in [4.78, 5) is 14.3. The van der Waals surface area contributed by atoms with E-state index in [4.69, 9.17) is 0 Å². The number of benzene rings is 2. The number of nitrogens with one attached hydrogen (secondary N) is 1. The number of nitriles is 1. The fraction of sp³-hybridized carbons (Fsp3) is 0.200. The summed E-state index contributed by atoms with van der Waals surface area (Å²) in [7, 11) is 0. The normalized spacial score (nSPS) is 12.0. The van der Waals surface area contributed by atoms with Crippen LogP contribution < -0.4 is 0 Å². The smallest absolute Gasteiger partial charge is 0.303 e. The molecular weight excluding hydrogens is 300 g/mol. The van der Waals surface area contributed by atoms with Gasteiger partial charge in [-0.05, 0) is 42.0 Å². The van der Waals surface area contributed by atoms with Crippen LogP contribution in [0.25, 0.3) is 10.9 Å². The van der Waals surface area contributed by atoms with Crippen molar-refractivity contribution < 1.29 is 9.90 Å². The highest BCUT2D eigenvalue weighted by molar-refractivity contribution is 5.86. The predicted octanol–water partition coefficient (Wildman–Crippen LogP) is 4.23. The van der Waals surface area contributed by atoms with Gasteiger partial charge in [0.2, 0.25) is 0 Å². The summed E-state index contributed by atoms with van der Waals surface area (Å²) in [6.45, 7) is 0. The molecule has 1 atom stereocenters.